The first-order chi connectivity index (χ1) is 12.7. The van der Waals surface area contributed by atoms with Crippen molar-refractivity contribution >= 4 is 23.3 Å². The van der Waals surface area contributed by atoms with Gasteiger partial charge in [-0.3, -0.25) is 9.78 Å². The first-order valence-corrected chi connectivity index (χ1v) is 9.07. The minimum absolute atomic E-state index is 0.158. The Kier molecular flexibility index (Phi) is 6.11. The van der Waals surface area contributed by atoms with Crippen molar-refractivity contribution in [1.82, 2.24) is 15.3 Å². The summed E-state index contributed by atoms with van der Waals surface area (Å²) >= 11 is 1.61. The van der Waals surface area contributed by atoms with Crippen molar-refractivity contribution in [2.24, 2.45) is 0 Å². The maximum absolute atomic E-state index is 11.9. The van der Waals surface area contributed by atoms with Crippen molar-refractivity contribution in [2.75, 3.05) is 0 Å². The first kappa shape index (κ1) is 17.8. The number of aromatic nitrogens is 2. The van der Waals surface area contributed by atoms with Gasteiger partial charge >= 0.3 is 0 Å². The number of benzene rings is 1. The molecule has 1 aromatic carbocycles. The van der Waals surface area contributed by atoms with Crippen molar-refractivity contribution < 1.29 is 9.53 Å². The Morgan fingerprint density at radius 3 is 2.73 bits per heavy atom. The molecule has 0 saturated carbocycles. The lowest BCUT2D eigenvalue weighted by Crippen LogP contribution is -2.20. The number of carbonyl (C=O) groups is 1. The lowest BCUT2D eigenvalue weighted by atomic mass is 10.2. The minimum Gasteiger partial charge on any atom is -0.487 e. The normalized spacial score (nSPS) is 10.8. The summed E-state index contributed by atoms with van der Waals surface area (Å²) in [6.07, 6.45) is 4.98. The fourth-order valence-corrected chi connectivity index (χ4v) is 2.82. The summed E-state index contributed by atoms with van der Waals surface area (Å²) in [7, 11) is 0. The van der Waals surface area contributed by atoms with Crippen LogP contribution >= 0.6 is 11.3 Å². The molecule has 132 valence electrons. The lowest BCUT2D eigenvalue weighted by Gasteiger charge is -2.04. The van der Waals surface area contributed by atoms with Gasteiger partial charge in [0.25, 0.3) is 0 Å². The quantitative estimate of drug-likeness (QED) is 0.648. The number of ether oxygens (including phenoxy) is 1. The predicted molar refractivity (Wildman–Crippen MR) is 103 cm³/mol. The van der Waals surface area contributed by atoms with E-state index in [9.17, 15) is 4.79 Å². The van der Waals surface area contributed by atoms with Crippen LogP contribution < -0.4 is 10.1 Å². The van der Waals surface area contributed by atoms with Crippen LogP contribution in [-0.4, -0.2) is 15.9 Å². The third-order valence-electron chi connectivity index (χ3n) is 3.53. The fourth-order valence-electron chi connectivity index (χ4n) is 2.22. The Morgan fingerprint density at radius 1 is 1.19 bits per heavy atom. The van der Waals surface area contributed by atoms with Gasteiger partial charge in [0, 0.05) is 17.7 Å². The van der Waals surface area contributed by atoms with Gasteiger partial charge in [-0.05, 0) is 42.8 Å². The zero-order chi connectivity index (χ0) is 18.2. The summed E-state index contributed by atoms with van der Waals surface area (Å²) < 4.78 is 5.71. The summed E-state index contributed by atoms with van der Waals surface area (Å²) in [6, 6.07) is 13.2. The highest BCUT2D eigenvalue weighted by atomic mass is 32.1. The topological polar surface area (TPSA) is 64.1 Å². The van der Waals surface area contributed by atoms with E-state index in [-0.39, 0.29) is 5.91 Å². The summed E-state index contributed by atoms with van der Waals surface area (Å²) in [6.45, 7) is 2.84. The predicted octanol–water partition coefficient (Wildman–Crippen LogP) is 3.76. The largest absolute Gasteiger partial charge is 0.487 e. The number of nitrogens with zero attached hydrogens (tertiary/aromatic N) is 2. The molecule has 1 amide bonds. The van der Waals surface area contributed by atoms with Gasteiger partial charge in [-0.2, -0.15) is 0 Å². The molecule has 0 spiro atoms. The average molecular weight is 365 g/mol. The second-order valence-electron chi connectivity index (χ2n) is 5.59. The molecule has 0 bridgehead atoms. The highest BCUT2D eigenvalue weighted by molar-refractivity contribution is 7.09. The van der Waals surface area contributed by atoms with E-state index in [2.05, 4.69) is 15.3 Å². The van der Waals surface area contributed by atoms with E-state index >= 15 is 0 Å². The molecule has 2 aromatic heterocycles. The molecule has 0 unspecified atom stereocenters. The Balaban J connectivity index is 1.47. The smallest absolute Gasteiger partial charge is 0.244 e. The van der Waals surface area contributed by atoms with E-state index in [1.165, 1.54) is 6.08 Å². The summed E-state index contributed by atoms with van der Waals surface area (Å²) in [5, 5.41) is 5.83. The van der Waals surface area contributed by atoms with Crippen LogP contribution in [0.2, 0.25) is 0 Å². The number of thiazole rings is 1. The zero-order valence-electron chi connectivity index (χ0n) is 14.4. The molecule has 5 nitrogen and oxygen atoms in total. The number of hydrogen-bond acceptors (Lipinski definition) is 5. The van der Waals surface area contributed by atoms with Crippen LogP contribution in [0.5, 0.6) is 5.75 Å². The molecule has 26 heavy (non-hydrogen) atoms. The SMILES string of the molecule is Cc1nc(COc2ccc(/C=C/C(=O)NCc3ccccn3)cc2)cs1. The van der Waals surface area contributed by atoms with Gasteiger partial charge in [0.2, 0.25) is 5.91 Å². The van der Waals surface area contributed by atoms with Crippen LogP contribution in [0.1, 0.15) is 22.0 Å². The molecule has 6 heteroatoms. The molecule has 3 rings (SSSR count). The van der Waals surface area contributed by atoms with Crippen LogP contribution in [-0.2, 0) is 17.9 Å². The van der Waals surface area contributed by atoms with Crippen LogP contribution in [0, 0.1) is 6.92 Å². The third-order valence-corrected chi connectivity index (χ3v) is 4.35. The van der Waals surface area contributed by atoms with E-state index in [4.69, 9.17) is 4.74 Å². The molecular weight excluding hydrogens is 346 g/mol. The summed E-state index contributed by atoms with van der Waals surface area (Å²) in [4.78, 5) is 20.4. The molecule has 0 saturated heterocycles. The van der Waals surface area contributed by atoms with Gasteiger partial charge in [0.1, 0.15) is 12.4 Å². The van der Waals surface area contributed by atoms with Gasteiger partial charge < -0.3 is 10.1 Å². The number of pyridine rings is 1. The van der Waals surface area contributed by atoms with E-state index < -0.39 is 0 Å². The number of amides is 1. The summed E-state index contributed by atoms with van der Waals surface area (Å²) in [5.74, 6) is 0.613. The molecule has 0 aliphatic rings. The van der Waals surface area contributed by atoms with Crippen molar-refractivity contribution in [3.63, 3.8) is 0 Å². The Bertz CT molecular complexity index is 874. The third kappa shape index (κ3) is 5.53. The number of nitrogens with one attached hydrogen (secondary N) is 1. The Morgan fingerprint density at radius 2 is 2.04 bits per heavy atom. The molecule has 0 aliphatic carbocycles. The van der Waals surface area contributed by atoms with Gasteiger partial charge in [-0.1, -0.05) is 18.2 Å². The second kappa shape index (κ2) is 8.92. The average Bonchev–Trinajstić information content (AvgIpc) is 3.10. The van der Waals surface area contributed by atoms with Gasteiger partial charge in [0.15, 0.2) is 0 Å². The van der Waals surface area contributed by atoms with E-state index in [1.807, 2.05) is 54.8 Å². The van der Waals surface area contributed by atoms with Crippen LogP contribution in [0.15, 0.2) is 60.1 Å². The lowest BCUT2D eigenvalue weighted by molar-refractivity contribution is -0.116. The zero-order valence-corrected chi connectivity index (χ0v) is 15.2. The molecule has 2 heterocycles. The van der Waals surface area contributed by atoms with Crippen molar-refractivity contribution in [1.29, 1.82) is 0 Å². The maximum atomic E-state index is 11.9. The molecule has 0 fully saturated rings. The van der Waals surface area contributed by atoms with Crippen molar-refractivity contribution in [2.45, 2.75) is 20.1 Å². The van der Waals surface area contributed by atoms with E-state index in [0.717, 1.165) is 27.7 Å². The molecule has 0 atom stereocenters. The number of rotatable bonds is 7. The highest BCUT2D eigenvalue weighted by Gasteiger charge is 2.01. The van der Waals surface area contributed by atoms with Crippen molar-refractivity contribution in [3.05, 3.63) is 82.1 Å². The molecule has 0 aliphatic heterocycles. The summed E-state index contributed by atoms with van der Waals surface area (Å²) in [5.41, 5.74) is 2.68. The molecular formula is C20H19N3O2S. The van der Waals surface area contributed by atoms with E-state index in [0.29, 0.717) is 13.2 Å². The van der Waals surface area contributed by atoms with Gasteiger partial charge in [-0.25, -0.2) is 4.98 Å². The monoisotopic (exact) mass is 365 g/mol. The maximum Gasteiger partial charge on any atom is 0.244 e. The Labute approximate surface area is 156 Å². The van der Waals surface area contributed by atoms with Crippen LogP contribution in [0.3, 0.4) is 0 Å². The fraction of sp³-hybridized carbons (Fsp3) is 0.150. The number of hydrogen-bond donors (Lipinski definition) is 1. The number of aryl methyl sites for hydroxylation is 1. The first-order valence-electron chi connectivity index (χ1n) is 8.19. The second-order valence-corrected chi connectivity index (χ2v) is 6.65. The minimum atomic E-state index is -0.158. The molecule has 0 radical (unpaired) electrons. The van der Waals surface area contributed by atoms with E-state index in [1.54, 1.807) is 23.6 Å². The van der Waals surface area contributed by atoms with Crippen LogP contribution in [0.25, 0.3) is 6.08 Å². The molecule has 3 aromatic rings. The standard InChI is InChI=1S/C20H19N3O2S/c1-15-23-18(14-26-15)13-25-19-8-5-16(6-9-19)7-10-20(24)22-12-17-4-2-3-11-21-17/h2-11,14H,12-13H2,1H3,(H,22,24)/b10-7+. The van der Waals surface area contributed by atoms with Gasteiger partial charge in [0.05, 0.1) is 22.9 Å². The Hall–Kier alpha value is -2.99. The highest BCUT2D eigenvalue weighted by Crippen LogP contribution is 2.16. The molecule has 1 N–H and O–H groups in total. The van der Waals surface area contributed by atoms with Gasteiger partial charge in [-0.15, -0.1) is 11.3 Å². The van der Waals surface area contributed by atoms with Crippen molar-refractivity contribution in [3.8, 4) is 5.75 Å². The van der Waals surface area contributed by atoms with Crippen LogP contribution in [0.4, 0.5) is 0 Å². The number of carbonyl (C=O) groups excluding carboxylic acids is 1.